The minimum atomic E-state index is -0.980. The van der Waals surface area contributed by atoms with Crippen LogP contribution in [0.2, 0.25) is 0 Å². The second-order valence-corrected chi connectivity index (χ2v) is 5.26. The predicted molar refractivity (Wildman–Crippen MR) is 81.5 cm³/mol. The zero-order valence-electron chi connectivity index (χ0n) is 11.9. The van der Waals surface area contributed by atoms with Crippen molar-refractivity contribution < 1.29 is 9.53 Å². The number of carbonyl (C=O) groups excluding carboxylic acids is 1. The summed E-state index contributed by atoms with van der Waals surface area (Å²) in [5.41, 5.74) is 1.53. The van der Waals surface area contributed by atoms with E-state index >= 15 is 0 Å². The van der Waals surface area contributed by atoms with Crippen LogP contribution in [-0.4, -0.2) is 12.2 Å². The first-order chi connectivity index (χ1) is 10.1. The van der Waals surface area contributed by atoms with E-state index in [1.807, 2.05) is 67.6 Å². The van der Waals surface area contributed by atoms with Crippen molar-refractivity contribution in [2.45, 2.75) is 18.7 Å². The number of hydrogen-bond acceptors (Lipinski definition) is 3. The summed E-state index contributed by atoms with van der Waals surface area (Å²) in [4.78, 5) is 12.7. The highest BCUT2D eigenvalue weighted by Crippen LogP contribution is 2.36. The molecule has 1 N–H and O–H groups in total. The number of hydrogen-bond donors (Lipinski definition) is 1. The molecule has 1 atom stereocenters. The lowest BCUT2D eigenvalue weighted by Crippen LogP contribution is -2.45. The van der Waals surface area contributed by atoms with Crippen LogP contribution in [-0.2, 0) is 15.1 Å². The van der Waals surface area contributed by atoms with Gasteiger partial charge in [-0.2, -0.15) is 0 Å². The summed E-state index contributed by atoms with van der Waals surface area (Å²) in [6.07, 6.45) is -0.474. The van der Waals surface area contributed by atoms with Gasteiger partial charge in [0.15, 0.2) is 11.8 Å². The molecule has 1 unspecified atom stereocenters. The lowest BCUT2D eigenvalue weighted by atomic mass is 9.83. The molecular formula is C18H17NO2. The van der Waals surface area contributed by atoms with E-state index in [1.165, 1.54) is 0 Å². The molecule has 2 aromatic rings. The summed E-state index contributed by atoms with van der Waals surface area (Å²) in [5, 5.41) is 3.31. The molecule has 3 rings (SSSR count). The monoisotopic (exact) mass is 279 g/mol. The van der Waals surface area contributed by atoms with Gasteiger partial charge in [-0.05, 0) is 23.6 Å². The quantitative estimate of drug-likeness (QED) is 0.693. The number of benzene rings is 2. The van der Waals surface area contributed by atoms with Crippen LogP contribution in [0.5, 0.6) is 0 Å². The van der Waals surface area contributed by atoms with Crippen molar-refractivity contribution in [3.8, 4) is 0 Å². The number of cyclic esters (lactones) is 1. The molecule has 0 spiro atoms. The highest BCUT2D eigenvalue weighted by atomic mass is 16.6. The second kappa shape index (κ2) is 5.19. The molecule has 1 heterocycles. The van der Waals surface area contributed by atoms with Gasteiger partial charge in [0, 0.05) is 0 Å². The molecule has 1 aliphatic heterocycles. The van der Waals surface area contributed by atoms with Crippen molar-refractivity contribution in [1.29, 1.82) is 0 Å². The smallest absolute Gasteiger partial charge is 0.337 e. The third-order valence-electron chi connectivity index (χ3n) is 3.74. The largest absolute Gasteiger partial charge is 0.441 e. The lowest BCUT2D eigenvalue weighted by molar-refractivity contribution is -0.143. The predicted octanol–water partition coefficient (Wildman–Crippen LogP) is 2.98. The molecular weight excluding hydrogens is 262 g/mol. The number of esters is 1. The number of ether oxygens (including phenoxy) is 1. The van der Waals surface area contributed by atoms with Crippen LogP contribution in [0.4, 0.5) is 0 Å². The van der Waals surface area contributed by atoms with E-state index in [1.54, 1.807) is 0 Å². The molecule has 0 aromatic heterocycles. The maximum Gasteiger partial charge on any atom is 0.337 e. The highest BCUT2D eigenvalue weighted by Gasteiger charge is 2.51. The molecule has 21 heavy (non-hydrogen) atoms. The van der Waals surface area contributed by atoms with E-state index in [9.17, 15) is 4.79 Å². The molecule has 3 heteroatoms. The van der Waals surface area contributed by atoms with E-state index in [0.29, 0.717) is 0 Å². The summed E-state index contributed by atoms with van der Waals surface area (Å²) in [6.45, 7) is 5.73. The zero-order chi connectivity index (χ0) is 14.9. The zero-order valence-corrected chi connectivity index (χ0v) is 11.9. The van der Waals surface area contributed by atoms with Crippen molar-refractivity contribution in [3.05, 3.63) is 83.9 Å². The molecule has 1 saturated heterocycles. The van der Waals surface area contributed by atoms with Crippen LogP contribution in [0.25, 0.3) is 0 Å². The Hall–Kier alpha value is -2.39. The molecule has 2 aromatic carbocycles. The van der Waals surface area contributed by atoms with Gasteiger partial charge in [-0.3, -0.25) is 5.32 Å². The van der Waals surface area contributed by atoms with Crippen molar-refractivity contribution in [3.63, 3.8) is 0 Å². The van der Waals surface area contributed by atoms with Gasteiger partial charge in [0.05, 0.1) is 0 Å². The maximum atomic E-state index is 12.7. The van der Waals surface area contributed by atoms with E-state index in [4.69, 9.17) is 4.74 Å². The highest BCUT2D eigenvalue weighted by molar-refractivity contribution is 5.89. The topological polar surface area (TPSA) is 38.3 Å². The van der Waals surface area contributed by atoms with Gasteiger partial charge in [-0.25, -0.2) is 4.79 Å². The van der Waals surface area contributed by atoms with Crippen LogP contribution in [0.15, 0.2) is 72.8 Å². The summed E-state index contributed by atoms with van der Waals surface area (Å²) < 4.78 is 5.50. The standard InChI is InChI=1S/C18H17NO2/c1-13(2)16-19-18(17(20)21-16,14-9-5-3-6-10-14)15-11-7-4-8-12-15/h3-12,16,19H,1H2,2H3. The third kappa shape index (κ3) is 2.16. The number of rotatable bonds is 3. The van der Waals surface area contributed by atoms with E-state index < -0.39 is 11.8 Å². The van der Waals surface area contributed by atoms with Crippen LogP contribution in [0, 0.1) is 0 Å². The Balaban J connectivity index is 2.18. The minimum Gasteiger partial charge on any atom is -0.441 e. The van der Waals surface area contributed by atoms with Crippen LogP contribution in [0.3, 0.4) is 0 Å². The molecule has 0 aliphatic carbocycles. The van der Waals surface area contributed by atoms with Gasteiger partial charge in [0.1, 0.15) is 0 Å². The van der Waals surface area contributed by atoms with Crippen LogP contribution in [0.1, 0.15) is 18.1 Å². The first-order valence-corrected chi connectivity index (χ1v) is 6.90. The Morgan fingerprint density at radius 3 is 1.90 bits per heavy atom. The first kappa shape index (κ1) is 13.6. The molecule has 0 bridgehead atoms. The van der Waals surface area contributed by atoms with Gasteiger partial charge < -0.3 is 4.74 Å². The van der Waals surface area contributed by atoms with E-state index in [2.05, 4.69) is 11.9 Å². The van der Waals surface area contributed by atoms with Crippen LogP contribution < -0.4 is 5.32 Å². The van der Waals surface area contributed by atoms with Gasteiger partial charge >= 0.3 is 5.97 Å². The van der Waals surface area contributed by atoms with E-state index in [-0.39, 0.29) is 5.97 Å². The lowest BCUT2D eigenvalue weighted by Gasteiger charge is -2.27. The van der Waals surface area contributed by atoms with Crippen molar-refractivity contribution in [1.82, 2.24) is 5.32 Å². The molecule has 3 nitrogen and oxygen atoms in total. The molecule has 106 valence electrons. The van der Waals surface area contributed by atoms with Gasteiger partial charge in [-0.1, -0.05) is 67.2 Å². The van der Waals surface area contributed by atoms with Crippen molar-refractivity contribution in [2.75, 3.05) is 0 Å². The Bertz CT molecular complexity index is 625. The second-order valence-electron chi connectivity index (χ2n) is 5.26. The fourth-order valence-corrected chi connectivity index (χ4v) is 2.65. The molecule has 1 fully saturated rings. The minimum absolute atomic E-state index is 0.298. The Morgan fingerprint density at radius 2 is 1.52 bits per heavy atom. The average Bonchev–Trinajstić information content (AvgIpc) is 2.88. The summed E-state index contributed by atoms with van der Waals surface area (Å²) in [7, 11) is 0. The summed E-state index contributed by atoms with van der Waals surface area (Å²) in [6, 6.07) is 19.3. The average molecular weight is 279 g/mol. The fraction of sp³-hybridized carbons (Fsp3) is 0.167. The Labute approximate surface area is 124 Å². The molecule has 0 radical (unpaired) electrons. The van der Waals surface area contributed by atoms with Gasteiger partial charge in [-0.15, -0.1) is 0 Å². The Kier molecular flexibility index (Phi) is 3.35. The maximum absolute atomic E-state index is 12.7. The number of nitrogens with one attached hydrogen (secondary N) is 1. The normalized spacial score (nSPS) is 20.0. The first-order valence-electron chi connectivity index (χ1n) is 6.90. The van der Waals surface area contributed by atoms with Crippen LogP contribution >= 0.6 is 0 Å². The van der Waals surface area contributed by atoms with Gasteiger partial charge in [0.2, 0.25) is 0 Å². The third-order valence-corrected chi connectivity index (χ3v) is 3.74. The van der Waals surface area contributed by atoms with Crippen molar-refractivity contribution in [2.24, 2.45) is 0 Å². The molecule has 0 saturated carbocycles. The summed E-state index contributed by atoms with van der Waals surface area (Å²) in [5.74, 6) is -0.298. The van der Waals surface area contributed by atoms with Gasteiger partial charge in [0.25, 0.3) is 0 Å². The molecule has 0 amide bonds. The summed E-state index contributed by atoms with van der Waals surface area (Å²) >= 11 is 0. The molecule has 1 aliphatic rings. The Morgan fingerprint density at radius 1 is 1.05 bits per heavy atom. The van der Waals surface area contributed by atoms with E-state index in [0.717, 1.165) is 16.7 Å². The fourth-order valence-electron chi connectivity index (χ4n) is 2.65. The SMILES string of the molecule is C=C(C)C1NC(c2ccccc2)(c2ccccc2)C(=O)O1. The van der Waals surface area contributed by atoms with Crippen molar-refractivity contribution >= 4 is 5.97 Å². The number of carbonyl (C=O) groups is 1.